The largest absolute Gasteiger partial charge is 0.375 e. The summed E-state index contributed by atoms with van der Waals surface area (Å²) in [6, 6.07) is -0.0533. The highest BCUT2D eigenvalue weighted by Crippen LogP contribution is 2.21. The van der Waals surface area contributed by atoms with Crippen molar-refractivity contribution in [2.45, 2.75) is 18.9 Å². The molecule has 1 atom stereocenters. The number of H-pyrrole nitrogens is 1. The molecule has 0 spiro atoms. The van der Waals surface area contributed by atoms with Crippen LogP contribution < -0.4 is 16.6 Å². The number of nitrogens with two attached hydrogens (primary N) is 1. The second kappa shape index (κ2) is 4.24. The summed E-state index contributed by atoms with van der Waals surface area (Å²) in [5, 5.41) is 13.6. The Hall–Kier alpha value is -2.38. The van der Waals surface area contributed by atoms with Crippen molar-refractivity contribution in [3.8, 4) is 0 Å². The van der Waals surface area contributed by atoms with Crippen LogP contribution in [0, 0.1) is 10.1 Å². The first-order valence-electron chi connectivity index (χ1n) is 5.05. The number of aromatic amines is 1. The zero-order chi connectivity index (χ0) is 12.4. The number of hydrogen-bond acceptors (Lipinski definition) is 6. The van der Waals surface area contributed by atoms with E-state index in [4.69, 9.17) is 5.73 Å². The number of hydrogen-bond donors (Lipinski definition) is 3. The third-order valence-corrected chi connectivity index (χ3v) is 2.43. The molecule has 1 aromatic rings. The standard InChI is InChI=1S/C9H11N5O3/c10-9-12-7(11-5-3-1-2-4-5)6(14(16)17)8(15)13-9/h1,3,5H,2,4H2,(H4,10,11,12,13,15)/t5-/m0/s1. The maximum atomic E-state index is 11.4. The summed E-state index contributed by atoms with van der Waals surface area (Å²) in [6.45, 7) is 0. The van der Waals surface area contributed by atoms with Crippen LogP contribution >= 0.6 is 0 Å². The third-order valence-electron chi connectivity index (χ3n) is 2.43. The maximum absolute atomic E-state index is 11.4. The second-order valence-electron chi connectivity index (χ2n) is 3.66. The van der Waals surface area contributed by atoms with Gasteiger partial charge in [0.1, 0.15) is 0 Å². The molecule has 0 radical (unpaired) electrons. The minimum absolute atomic E-state index is 0.0533. The Morgan fingerprint density at radius 2 is 2.41 bits per heavy atom. The Morgan fingerprint density at radius 3 is 3.00 bits per heavy atom. The number of nitrogen functional groups attached to an aromatic ring is 1. The molecule has 90 valence electrons. The molecule has 1 heterocycles. The van der Waals surface area contributed by atoms with Crippen LogP contribution in [-0.4, -0.2) is 20.9 Å². The van der Waals surface area contributed by atoms with Gasteiger partial charge in [0.05, 0.1) is 4.92 Å². The summed E-state index contributed by atoms with van der Waals surface area (Å²) in [6.07, 6.45) is 5.54. The first-order valence-corrected chi connectivity index (χ1v) is 5.05. The number of nitro groups is 1. The summed E-state index contributed by atoms with van der Waals surface area (Å²) in [7, 11) is 0. The molecule has 1 aromatic heterocycles. The van der Waals surface area contributed by atoms with Gasteiger partial charge < -0.3 is 11.1 Å². The minimum Gasteiger partial charge on any atom is -0.369 e. The molecule has 0 bridgehead atoms. The summed E-state index contributed by atoms with van der Waals surface area (Å²) in [5.41, 5.74) is 3.89. The predicted molar refractivity (Wildman–Crippen MR) is 61.7 cm³/mol. The Balaban J connectivity index is 2.40. The predicted octanol–water partition coefficient (Wildman–Crippen LogP) is 0.391. The van der Waals surface area contributed by atoms with Crippen molar-refractivity contribution in [2.24, 2.45) is 0 Å². The van der Waals surface area contributed by atoms with Crippen LogP contribution in [0.15, 0.2) is 16.9 Å². The van der Waals surface area contributed by atoms with Gasteiger partial charge in [-0.25, -0.2) is 0 Å². The Kier molecular flexibility index (Phi) is 2.77. The van der Waals surface area contributed by atoms with Gasteiger partial charge in [-0.15, -0.1) is 0 Å². The maximum Gasteiger partial charge on any atom is 0.375 e. The van der Waals surface area contributed by atoms with Crippen LogP contribution in [0.4, 0.5) is 17.5 Å². The van der Waals surface area contributed by atoms with Gasteiger partial charge in [0.2, 0.25) is 11.8 Å². The molecule has 8 nitrogen and oxygen atoms in total. The van der Waals surface area contributed by atoms with E-state index in [0.29, 0.717) is 0 Å². The van der Waals surface area contributed by atoms with Gasteiger partial charge in [0.15, 0.2) is 0 Å². The highest BCUT2D eigenvalue weighted by Gasteiger charge is 2.23. The zero-order valence-electron chi connectivity index (χ0n) is 8.84. The van der Waals surface area contributed by atoms with Crippen molar-refractivity contribution in [1.82, 2.24) is 9.97 Å². The van der Waals surface area contributed by atoms with Crippen LogP contribution in [0.1, 0.15) is 12.8 Å². The average Bonchev–Trinajstić information content (AvgIpc) is 2.68. The third kappa shape index (κ3) is 2.25. The Labute approximate surface area is 95.7 Å². The number of allylic oxidation sites excluding steroid dienone is 1. The van der Waals surface area contributed by atoms with E-state index in [-0.39, 0.29) is 17.8 Å². The van der Waals surface area contributed by atoms with Gasteiger partial charge in [-0.1, -0.05) is 12.2 Å². The molecule has 0 saturated carbocycles. The van der Waals surface area contributed by atoms with E-state index in [0.717, 1.165) is 12.8 Å². The van der Waals surface area contributed by atoms with E-state index in [1.54, 1.807) is 0 Å². The first-order chi connectivity index (χ1) is 8.08. The summed E-state index contributed by atoms with van der Waals surface area (Å²) in [4.78, 5) is 27.3. The minimum atomic E-state index is -0.855. The number of aromatic nitrogens is 2. The molecule has 0 aromatic carbocycles. The van der Waals surface area contributed by atoms with Crippen molar-refractivity contribution in [2.75, 3.05) is 11.1 Å². The summed E-state index contributed by atoms with van der Waals surface area (Å²) >= 11 is 0. The lowest BCUT2D eigenvalue weighted by atomic mass is 10.2. The van der Waals surface area contributed by atoms with Gasteiger partial charge in [-0.2, -0.15) is 4.98 Å². The van der Waals surface area contributed by atoms with Crippen LogP contribution in [0.5, 0.6) is 0 Å². The molecule has 17 heavy (non-hydrogen) atoms. The molecule has 1 aliphatic rings. The van der Waals surface area contributed by atoms with E-state index < -0.39 is 16.2 Å². The lowest BCUT2D eigenvalue weighted by Gasteiger charge is -2.11. The summed E-state index contributed by atoms with van der Waals surface area (Å²) < 4.78 is 0. The highest BCUT2D eigenvalue weighted by molar-refractivity contribution is 5.57. The molecule has 0 amide bonds. The Bertz CT molecular complexity index is 536. The van der Waals surface area contributed by atoms with Gasteiger partial charge in [0, 0.05) is 6.04 Å². The fourth-order valence-corrected chi connectivity index (χ4v) is 1.68. The van der Waals surface area contributed by atoms with Crippen LogP contribution in [0.2, 0.25) is 0 Å². The van der Waals surface area contributed by atoms with E-state index in [1.807, 2.05) is 12.2 Å². The molecular formula is C9H11N5O3. The SMILES string of the molecule is Nc1nc(N[C@H]2C=CCC2)c([N+](=O)[O-])c(=O)[nH]1. The number of anilines is 2. The molecule has 4 N–H and O–H groups in total. The molecular weight excluding hydrogens is 226 g/mol. The lowest BCUT2D eigenvalue weighted by molar-refractivity contribution is -0.385. The average molecular weight is 237 g/mol. The number of nitrogens with one attached hydrogen (secondary N) is 2. The van der Waals surface area contributed by atoms with Crippen molar-refractivity contribution < 1.29 is 4.92 Å². The van der Waals surface area contributed by atoms with Gasteiger partial charge in [0.25, 0.3) is 0 Å². The molecule has 8 heteroatoms. The molecule has 0 saturated heterocycles. The monoisotopic (exact) mass is 237 g/mol. The van der Waals surface area contributed by atoms with Gasteiger partial charge in [-0.05, 0) is 12.8 Å². The van der Waals surface area contributed by atoms with Crippen molar-refractivity contribution in [3.63, 3.8) is 0 Å². The van der Waals surface area contributed by atoms with Gasteiger partial charge in [-0.3, -0.25) is 19.9 Å². The van der Waals surface area contributed by atoms with E-state index >= 15 is 0 Å². The highest BCUT2D eigenvalue weighted by atomic mass is 16.6. The number of rotatable bonds is 3. The lowest BCUT2D eigenvalue weighted by Crippen LogP contribution is -2.22. The molecule has 0 fully saturated rings. The summed E-state index contributed by atoms with van der Waals surface area (Å²) in [5.74, 6) is -0.238. The van der Waals surface area contributed by atoms with E-state index in [2.05, 4.69) is 15.3 Å². The quantitative estimate of drug-likeness (QED) is 0.396. The van der Waals surface area contributed by atoms with Crippen LogP contribution in [0.3, 0.4) is 0 Å². The smallest absolute Gasteiger partial charge is 0.369 e. The topological polar surface area (TPSA) is 127 Å². The van der Waals surface area contributed by atoms with E-state index in [9.17, 15) is 14.9 Å². The molecule has 0 unspecified atom stereocenters. The van der Waals surface area contributed by atoms with E-state index in [1.165, 1.54) is 0 Å². The fraction of sp³-hybridized carbons (Fsp3) is 0.333. The fourth-order valence-electron chi connectivity index (χ4n) is 1.68. The van der Waals surface area contributed by atoms with Crippen molar-refractivity contribution >= 4 is 17.5 Å². The second-order valence-corrected chi connectivity index (χ2v) is 3.66. The van der Waals surface area contributed by atoms with Crippen molar-refractivity contribution in [3.05, 3.63) is 32.6 Å². The van der Waals surface area contributed by atoms with Crippen molar-refractivity contribution in [1.29, 1.82) is 0 Å². The Morgan fingerprint density at radius 1 is 1.65 bits per heavy atom. The normalized spacial score (nSPS) is 18.2. The van der Waals surface area contributed by atoms with Crippen LogP contribution in [0.25, 0.3) is 0 Å². The molecule has 2 rings (SSSR count). The van der Waals surface area contributed by atoms with Crippen LogP contribution in [-0.2, 0) is 0 Å². The molecule has 1 aliphatic carbocycles. The zero-order valence-corrected chi connectivity index (χ0v) is 8.84. The first kappa shape index (κ1) is 11.1. The molecule has 0 aliphatic heterocycles. The number of nitrogens with zero attached hydrogens (tertiary/aromatic N) is 2. The van der Waals surface area contributed by atoms with Gasteiger partial charge >= 0.3 is 11.2 Å².